The van der Waals surface area contributed by atoms with Crippen molar-refractivity contribution in [1.82, 2.24) is 9.88 Å². The first-order chi connectivity index (χ1) is 13.5. The van der Waals surface area contributed by atoms with Crippen molar-refractivity contribution in [3.05, 3.63) is 59.8 Å². The van der Waals surface area contributed by atoms with Gasteiger partial charge in [-0.2, -0.15) is 0 Å². The predicted molar refractivity (Wildman–Crippen MR) is 108 cm³/mol. The minimum atomic E-state index is -0.498. The SMILES string of the molecule is Cc1ccc(NC(=O)C2CCN(C(=O)C(C)OCc3ccccc3)CC2)nc1. The van der Waals surface area contributed by atoms with Crippen LogP contribution in [0.4, 0.5) is 5.82 Å². The number of amides is 2. The van der Waals surface area contributed by atoms with E-state index in [1.807, 2.05) is 43.3 Å². The molecule has 6 nitrogen and oxygen atoms in total. The fourth-order valence-corrected chi connectivity index (χ4v) is 3.26. The highest BCUT2D eigenvalue weighted by Crippen LogP contribution is 2.20. The van der Waals surface area contributed by atoms with E-state index in [0.29, 0.717) is 38.4 Å². The standard InChI is InChI=1S/C22H27N3O3/c1-16-8-9-20(23-14-16)24-21(26)19-10-12-25(13-11-19)22(27)17(2)28-15-18-6-4-3-5-7-18/h3-9,14,17,19H,10-13,15H2,1-2H3,(H,23,24,26). The summed E-state index contributed by atoms with van der Waals surface area (Å²) >= 11 is 0. The van der Waals surface area contributed by atoms with Crippen LogP contribution in [0, 0.1) is 12.8 Å². The zero-order valence-corrected chi connectivity index (χ0v) is 16.4. The minimum absolute atomic E-state index is 0.0185. The summed E-state index contributed by atoms with van der Waals surface area (Å²) in [7, 11) is 0. The van der Waals surface area contributed by atoms with Gasteiger partial charge in [0, 0.05) is 25.2 Å². The Bertz CT molecular complexity index is 784. The van der Waals surface area contributed by atoms with Crippen LogP contribution in [-0.4, -0.2) is 40.9 Å². The fraction of sp³-hybridized carbons (Fsp3) is 0.409. The second kappa shape index (κ2) is 9.46. The first-order valence-electron chi connectivity index (χ1n) is 9.71. The van der Waals surface area contributed by atoms with Gasteiger partial charge in [0.2, 0.25) is 5.91 Å². The van der Waals surface area contributed by atoms with Gasteiger partial charge in [-0.25, -0.2) is 4.98 Å². The van der Waals surface area contributed by atoms with Crippen molar-refractivity contribution in [3.63, 3.8) is 0 Å². The van der Waals surface area contributed by atoms with Crippen LogP contribution >= 0.6 is 0 Å². The van der Waals surface area contributed by atoms with Crippen LogP contribution in [0.2, 0.25) is 0 Å². The summed E-state index contributed by atoms with van der Waals surface area (Å²) in [4.78, 5) is 31.1. The van der Waals surface area contributed by atoms with Gasteiger partial charge in [-0.15, -0.1) is 0 Å². The summed E-state index contributed by atoms with van der Waals surface area (Å²) in [5, 5.41) is 2.87. The molecule has 2 heterocycles. The number of anilines is 1. The molecule has 148 valence electrons. The number of aryl methyl sites for hydroxylation is 1. The van der Waals surface area contributed by atoms with E-state index in [1.54, 1.807) is 24.1 Å². The molecule has 2 amide bonds. The summed E-state index contributed by atoms with van der Waals surface area (Å²) in [6.07, 6.45) is 2.53. The highest BCUT2D eigenvalue weighted by atomic mass is 16.5. The summed E-state index contributed by atoms with van der Waals surface area (Å²) in [5.41, 5.74) is 2.09. The molecule has 0 bridgehead atoms. The maximum absolute atomic E-state index is 12.6. The average Bonchev–Trinajstić information content (AvgIpc) is 2.74. The third-order valence-electron chi connectivity index (χ3n) is 5.03. The predicted octanol–water partition coefficient (Wildman–Crippen LogP) is 3.17. The molecule has 0 radical (unpaired) electrons. The van der Waals surface area contributed by atoms with Crippen LogP contribution in [0.5, 0.6) is 0 Å². The third-order valence-corrected chi connectivity index (χ3v) is 5.03. The maximum atomic E-state index is 12.6. The summed E-state index contributed by atoms with van der Waals surface area (Å²) in [5.74, 6) is 0.413. The van der Waals surface area contributed by atoms with Crippen molar-refractivity contribution in [2.45, 2.75) is 39.4 Å². The van der Waals surface area contributed by atoms with E-state index in [1.165, 1.54) is 0 Å². The van der Waals surface area contributed by atoms with Gasteiger partial charge in [-0.1, -0.05) is 36.4 Å². The molecule has 1 atom stereocenters. The Balaban J connectivity index is 1.44. The van der Waals surface area contributed by atoms with Gasteiger partial charge in [-0.05, 0) is 43.9 Å². The van der Waals surface area contributed by atoms with Gasteiger partial charge in [0.25, 0.3) is 5.91 Å². The number of hydrogen-bond donors (Lipinski definition) is 1. The monoisotopic (exact) mass is 381 g/mol. The van der Waals surface area contributed by atoms with Crippen molar-refractivity contribution in [2.75, 3.05) is 18.4 Å². The van der Waals surface area contributed by atoms with Crippen LogP contribution in [0.25, 0.3) is 0 Å². The second-order valence-electron chi connectivity index (χ2n) is 7.25. The lowest BCUT2D eigenvalue weighted by Gasteiger charge is -2.32. The van der Waals surface area contributed by atoms with E-state index < -0.39 is 6.10 Å². The molecule has 1 aliphatic rings. The number of rotatable bonds is 6. The normalized spacial score (nSPS) is 15.9. The van der Waals surface area contributed by atoms with Crippen molar-refractivity contribution in [3.8, 4) is 0 Å². The number of ether oxygens (including phenoxy) is 1. The van der Waals surface area contributed by atoms with E-state index >= 15 is 0 Å². The van der Waals surface area contributed by atoms with E-state index in [-0.39, 0.29) is 17.7 Å². The average molecular weight is 381 g/mol. The number of piperidine rings is 1. The summed E-state index contributed by atoms with van der Waals surface area (Å²) in [6, 6.07) is 13.5. The van der Waals surface area contributed by atoms with Crippen LogP contribution in [0.3, 0.4) is 0 Å². The van der Waals surface area contributed by atoms with Gasteiger partial charge in [-0.3, -0.25) is 9.59 Å². The molecule has 0 spiro atoms. The van der Waals surface area contributed by atoms with Crippen LogP contribution in [0.15, 0.2) is 48.7 Å². The highest BCUT2D eigenvalue weighted by Gasteiger charge is 2.29. The van der Waals surface area contributed by atoms with Gasteiger partial charge in [0.05, 0.1) is 6.61 Å². The number of carbonyl (C=O) groups is 2. The zero-order chi connectivity index (χ0) is 19.9. The first-order valence-corrected chi connectivity index (χ1v) is 9.71. The summed E-state index contributed by atoms with van der Waals surface area (Å²) in [6.45, 7) is 5.29. The molecule has 1 aromatic heterocycles. The second-order valence-corrected chi connectivity index (χ2v) is 7.25. The van der Waals surface area contributed by atoms with Crippen LogP contribution in [0.1, 0.15) is 30.9 Å². The topological polar surface area (TPSA) is 71.5 Å². The van der Waals surface area contributed by atoms with Gasteiger partial charge < -0.3 is 15.0 Å². The van der Waals surface area contributed by atoms with E-state index in [4.69, 9.17) is 4.74 Å². The highest BCUT2D eigenvalue weighted by molar-refractivity contribution is 5.92. The molecule has 1 aromatic carbocycles. The smallest absolute Gasteiger partial charge is 0.251 e. The number of carbonyl (C=O) groups excluding carboxylic acids is 2. The quantitative estimate of drug-likeness (QED) is 0.834. The molecule has 1 unspecified atom stereocenters. The zero-order valence-electron chi connectivity index (χ0n) is 16.4. The Morgan fingerprint density at radius 2 is 1.89 bits per heavy atom. The molecule has 1 N–H and O–H groups in total. The molecule has 0 aliphatic carbocycles. The van der Waals surface area contributed by atoms with Gasteiger partial charge in [0.1, 0.15) is 11.9 Å². The van der Waals surface area contributed by atoms with Crippen LogP contribution in [-0.2, 0) is 20.9 Å². The lowest BCUT2D eigenvalue weighted by molar-refractivity contribution is -0.145. The van der Waals surface area contributed by atoms with Crippen LogP contribution < -0.4 is 5.32 Å². The van der Waals surface area contributed by atoms with E-state index in [2.05, 4.69) is 10.3 Å². The minimum Gasteiger partial charge on any atom is -0.364 e. The first kappa shape index (κ1) is 20.0. The Morgan fingerprint density at radius 1 is 1.18 bits per heavy atom. The molecule has 6 heteroatoms. The Kier molecular flexibility index (Phi) is 6.76. The van der Waals surface area contributed by atoms with Crippen molar-refractivity contribution >= 4 is 17.6 Å². The number of likely N-dealkylation sites (tertiary alicyclic amines) is 1. The number of benzene rings is 1. The molecular weight excluding hydrogens is 354 g/mol. The van der Waals surface area contributed by atoms with Gasteiger partial charge in [0.15, 0.2) is 0 Å². The third kappa shape index (κ3) is 5.39. The molecular formula is C22H27N3O3. The Labute approximate surface area is 165 Å². The molecule has 28 heavy (non-hydrogen) atoms. The largest absolute Gasteiger partial charge is 0.364 e. The number of pyridine rings is 1. The van der Waals surface area contributed by atoms with Gasteiger partial charge >= 0.3 is 0 Å². The molecule has 0 saturated carbocycles. The van der Waals surface area contributed by atoms with Crippen molar-refractivity contribution in [2.24, 2.45) is 5.92 Å². The fourth-order valence-electron chi connectivity index (χ4n) is 3.26. The lowest BCUT2D eigenvalue weighted by atomic mass is 9.95. The van der Waals surface area contributed by atoms with Crippen molar-refractivity contribution in [1.29, 1.82) is 0 Å². The molecule has 1 saturated heterocycles. The number of nitrogens with zero attached hydrogens (tertiary/aromatic N) is 2. The summed E-state index contributed by atoms with van der Waals surface area (Å²) < 4.78 is 5.73. The molecule has 3 rings (SSSR count). The molecule has 1 fully saturated rings. The van der Waals surface area contributed by atoms with E-state index in [0.717, 1.165) is 11.1 Å². The Morgan fingerprint density at radius 3 is 2.54 bits per heavy atom. The Hall–Kier alpha value is -2.73. The molecule has 2 aromatic rings. The molecule has 1 aliphatic heterocycles. The van der Waals surface area contributed by atoms with E-state index in [9.17, 15) is 9.59 Å². The lowest BCUT2D eigenvalue weighted by Crippen LogP contribution is -2.45. The van der Waals surface area contributed by atoms with Crippen molar-refractivity contribution < 1.29 is 14.3 Å². The number of hydrogen-bond acceptors (Lipinski definition) is 4. The number of aromatic nitrogens is 1. The number of nitrogens with one attached hydrogen (secondary N) is 1. The maximum Gasteiger partial charge on any atom is 0.251 e.